The Morgan fingerprint density at radius 3 is 2.17 bits per heavy atom. The molecule has 0 aromatic carbocycles. The Kier molecular flexibility index (Phi) is 1.39. The molecule has 1 nitrogen and oxygen atoms in total. The third-order valence-corrected chi connectivity index (χ3v) is 4.44. The van der Waals surface area contributed by atoms with E-state index < -0.39 is 0 Å². The van der Waals surface area contributed by atoms with Gasteiger partial charge in [0.1, 0.15) is 0 Å². The summed E-state index contributed by atoms with van der Waals surface area (Å²) < 4.78 is 0. The second-order valence-corrected chi connectivity index (χ2v) is 5.61. The van der Waals surface area contributed by atoms with Crippen LogP contribution in [0.5, 0.6) is 0 Å². The molecule has 4 aliphatic rings. The molecule has 2 N–H and O–H groups in total. The number of fused-ring (bicyclic) bond motifs is 1. The monoisotopic (exact) mass is 165 g/mol. The Morgan fingerprint density at radius 2 is 1.50 bits per heavy atom. The number of nitrogens with two attached hydrogens (primary N) is 1. The van der Waals surface area contributed by atoms with Crippen molar-refractivity contribution >= 4 is 0 Å². The summed E-state index contributed by atoms with van der Waals surface area (Å²) in [7, 11) is 0. The van der Waals surface area contributed by atoms with Gasteiger partial charge in [0.25, 0.3) is 0 Å². The number of hydrogen-bond donors (Lipinski definition) is 1. The third kappa shape index (κ3) is 1.02. The second-order valence-electron chi connectivity index (χ2n) is 5.61. The van der Waals surface area contributed by atoms with Gasteiger partial charge in [-0.05, 0) is 62.7 Å². The fourth-order valence-electron chi connectivity index (χ4n) is 4.20. The molecule has 4 aliphatic carbocycles. The molecule has 2 atom stereocenters. The zero-order valence-corrected chi connectivity index (χ0v) is 7.76. The Balaban J connectivity index is 1.94. The minimum Gasteiger partial charge on any atom is -0.325 e. The topological polar surface area (TPSA) is 26.0 Å². The Morgan fingerprint density at radius 1 is 0.917 bits per heavy atom. The van der Waals surface area contributed by atoms with Gasteiger partial charge in [-0.3, -0.25) is 0 Å². The summed E-state index contributed by atoms with van der Waals surface area (Å²) in [4.78, 5) is 0. The van der Waals surface area contributed by atoms with Crippen LogP contribution in [0.1, 0.15) is 44.9 Å². The van der Waals surface area contributed by atoms with Crippen LogP contribution < -0.4 is 5.73 Å². The van der Waals surface area contributed by atoms with Crippen molar-refractivity contribution in [3.05, 3.63) is 0 Å². The summed E-state index contributed by atoms with van der Waals surface area (Å²) >= 11 is 0. The van der Waals surface area contributed by atoms with Crippen LogP contribution in [-0.4, -0.2) is 5.54 Å². The smallest absolute Gasteiger partial charge is 0.0159 e. The lowest BCUT2D eigenvalue weighted by Gasteiger charge is -2.43. The van der Waals surface area contributed by atoms with Crippen molar-refractivity contribution in [2.24, 2.45) is 23.5 Å². The summed E-state index contributed by atoms with van der Waals surface area (Å²) in [6, 6.07) is 0. The van der Waals surface area contributed by atoms with Gasteiger partial charge in [0.2, 0.25) is 0 Å². The molecule has 0 spiro atoms. The molecule has 0 aliphatic heterocycles. The lowest BCUT2D eigenvalue weighted by Crippen LogP contribution is -2.46. The predicted molar refractivity (Wildman–Crippen MR) is 49.7 cm³/mol. The van der Waals surface area contributed by atoms with Crippen LogP contribution in [0.15, 0.2) is 0 Å². The summed E-state index contributed by atoms with van der Waals surface area (Å²) in [5.74, 6) is 3.08. The first-order valence-corrected chi connectivity index (χ1v) is 5.52. The maximum absolute atomic E-state index is 6.42. The Hall–Kier alpha value is -0.0400. The van der Waals surface area contributed by atoms with Crippen molar-refractivity contribution < 1.29 is 0 Å². The molecule has 0 radical (unpaired) electrons. The average molecular weight is 165 g/mol. The Bertz CT molecular complexity index is 185. The minimum atomic E-state index is 0.277. The lowest BCUT2D eigenvalue weighted by molar-refractivity contribution is 0.117. The van der Waals surface area contributed by atoms with E-state index in [0.29, 0.717) is 0 Å². The van der Waals surface area contributed by atoms with Gasteiger partial charge in [0.05, 0.1) is 0 Å². The van der Waals surface area contributed by atoms with Gasteiger partial charge in [-0.15, -0.1) is 0 Å². The van der Waals surface area contributed by atoms with Crippen LogP contribution in [0.25, 0.3) is 0 Å². The van der Waals surface area contributed by atoms with Crippen LogP contribution in [0, 0.1) is 17.8 Å². The van der Waals surface area contributed by atoms with Gasteiger partial charge in [0, 0.05) is 5.54 Å². The highest BCUT2D eigenvalue weighted by molar-refractivity contribution is 5.01. The highest BCUT2D eigenvalue weighted by Gasteiger charge is 2.45. The molecule has 0 unspecified atom stereocenters. The van der Waals surface area contributed by atoms with Crippen LogP contribution in [-0.2, 0) is 0 Å². The minimum absolute atomic E-state index is 0.277. The average Bonchev–Trinajstić information content (AvgIpc) is 2.14. The summed E-state index contributed by atoms with van der Waals surface area (Å²) in [5.41, 5.74) is 6.69. The van der Waals surface area contributed by atoms with E-state index in [0.717, 1.165) is 17.8 Å². The van der Waals surface area contributed by atoms with E-state index in [-0.39, 0.29) is 5.54 Å². The molecule has 4 rings (SSSR count). The quantitative estimate of drug-likeness (QED) is 0.585. The maximum Gasteiger partial charge on any atom is 0.0159 e. The van der Waals surface area contributed by atoms with E-state index in [9.17, 15) is 0 Å². The lowest BCUT2D eigenvalue weighted by atomic mass is 9.65. The Labute approximate surface area is 74.7 Å². The largest absolute Gasteiger partial charge is 0.325 e. The first-order chi connectivity index (χ1) is 5.73. The molecule has 68 valence electrons. The number of hydrogen-bond acceptors (Lipinski definition) is 1. The molecule has 1 heteroatoms. The highest BCUT2D eigenvalue weighted by atomic mass is 14.8. The van der Waals surface area contributed by atoms with Crippen molar-refractivity contribution in [1.29, 1.82) is 0 Å². The van der Waals surface area contributed by atoms with E-state index in [1.165, 1.54) is 44.9 Å². The van der Waals surface area contributed by atoms with Gasteiger partial charge >= 0.3 is 0 Å². The molecular formula is C11H19N. The van der Waals surface area contributed by atoms with E-state index in [1.54, 1.807) is 0 Å². The molecule has 4 fully saturated rings. The first kappa shape index (κ1) is 7.37. The summed E-state index contributed by atoms with van der Waals surface area (Å²) in [5, 5.41) is 0. The molecule has 4 bridgehead atoms. The fraction of sp³-hybridized carbons (Fsp3) is 1.00. The van der Waals surface area contributed by atoms with E-state index in [4.69, 9.17) is 5.73 Å². The van der Waals surface area contributed by atoms with Crippen LogP contribution in [0.2, 0.25) is 0 Å². The van der Waals surface area contributed by atoms with E-state index in [1.807, 2.05) is 0 Å². The number of rotatable bonds is 0. The normalized spacial score (nSPS) is 57.2. The summed E-state index contributed by atoms with van der Waals surface area (Å²) in [6.45, 7) is 0. The second kappa shape index (κ2) is 2.25. The fourth-order valence-corrected chi connectivity index (χ4v) is 4.20. The van der Waals surface area contributed by atoms with Crippen LogP contribution in [0.3, 0.4) is 0 Å². The molecular weight excluding hydrogens is 146 g/mol. The van der Waals surface area contributed by atoms with E-state index in [2.05, 4.69) is 0 Å². The maximum atomic E-state index is 6.42. The molecule has 0 amide bonds. The third-order valence-electron chi connectivity index (χ3n) is 4.44. The van der Waals surface area contributed by atoms with Crippen molar-refractivity contribution in [2.45, 2.75) is 50.5 Å². The van der Waals surface area contributed by atoms with Gasteiger partial charge in [0.15, 0.2) is 0 Å². The SMILES string of the molecule is NC12CCC3C[C@@H](C[C@H](C3)C1)C2. The zero-order valence-electron chi connectivity index (χ0n) is 7.76. The van der Waals surface area contributed by atoms with Crippen LogP contribution >= 0.6 is 0 Å². The van der Waals surface area contributed by atoms with Crippen molar-refractivity contribution in [3.8, 4) is 0 Å². The predicted octanol–water partition coefficient (Wildman–Crippen LogP) is 2.30. The first-order valence-electron chi connectivity index (χ1n) is 5.52. The molecule has 4 saturated carbocycles. The van der Waals surface area contributed by atoms with Crippen molar-refractivity contribution in [1.82, 2.24) is 0 Å². The van der Waals surface area contributed by atoms with Gasteiger partial charge < -0.3 is 5.73 Å². The van der Waals surface area contributed by atoms with Crippen LogP contribution in [0.4, 0.5) is 0 Å². The zero-order chi connectivity index (χ0) is 8.18. The van der Waals surface area contributed by atoms with Crippen molar-refractivity contribution in [2.75, 3.05) is 0 Å². The standard InChI is InChI=1S/C11H19N/c12-11-2-1-8-3-9(6-11)5-10(4-8)7-11/h8-10H,1-7,12H2/t8?,9-,10-,11?/m0/s1. The van der Waals surface area contributed by atoms with Gasteiger partial charge in [-0.2, -0.15) is 0 Å². The van der Waals surface area contributed by atoms with Crippen molar-refractivity contribution in [3.63, 3.8) is 0 Å². The van der Waals surface area contributed by atoms with Gasteiger partial charge in [-0.25, -0.2) is 0 Å². The highest BCUT2D eigenvalue weighted by Crippen LogP contribution is 2.51. The molecule has 0 heterocycles. The molecule has 0 saturated heterocycles. The summed E-state index contributed by atoms with van der Waals surface area (Å²) in [6.07, 6.45) is 9.98. The molecule has 12 heavy (non-hydrogen) atoms. The van der Waals surface area contributed by atoms with Gasteiger partial charge in [-0.1, -0.05) is 0 Å². The molecule has 0 aromatic heterocycles. The van der Waals surface area contributed by atoms with E-state index >= 15 is 0 Å². The molecule has 0 aromatic rings.